The van der Waals surface area contributed by atoms with Crippen LogP contribution < -0.4 is 0 Å². The van der Waals surface area contributed by atoms with Gasteiger partial charge in [-0.3, -0.25) is 0 Å². The Morgan fingerprint density at radius 3 is 0.828 bits per heavy atom. The van der Waals surface area contributed by atoms with Gasteiger partial charge in [0.1, 0.15) is 0 Å². The van der Waals surface area contributed by atoms with Crippen molar-refractivity contribution >= 4 is 138 Å². The number of allylic oxidation sites excluding steroid dienone is 12. The topological polar surface area (TPSA) is 57.4 Å². The molecule has 4 nitrogen and oxygen atoms in total. The first-order valence-electron chi connectivity index (χ1n) is 24.0. The lowest BCUT2D eigenvalue weighted by Crippen LogP contribution is -2.28. The van der Waals surface area contributed by atoms with Crippen LogP contribution in [0.25, 0.3) is 44.4 Å². The molecule has 0 saturated heterocycles. The van der Waals surface area contributed by atoms with Gasteiger partial charge in [-0.2, -0.15) is 0 Å². The summed E-state index contributed by atoms with van der Waals surface area (Å²) in [4.78, 5) is 34.0. The van der Waals surface area contributed by atoms with Gasteiger partial charge in [-0.25, -0.2) is 9.97 Å². The van der Waals surface area contributed by atoms with E-state index in [-0.39, 0.29) is 0 Å². The van der Waals surface area contributed by atoms with Crippen molar-refractivity contribution in [1.29, 1.82) is 0 Å². The van der Waals surface area contributed by atoms with Gasteiger partial charge in [0, 0.05) is 155 Å². The second kappa shape index (κ2) is 14.0. The maximum absolute atomic E-state index is 5.92. The fourth-order valence-corrected chi connectivity index (χ4v) is 26.8. The SMILES string of the molecule is c1c2nc(cc3[nH]c(cc4[nH]c(cc5nc1C1=C5C5CCC1C1=C5SCCS1)c1c4C4CCC1C1=C4SCCS1)c1c3C3CCC1C1=C3SCCS1)C1=C2C2CCC1C1=C2SCCS1. The summed E-state index contributed by atoms with van der Waals surface area (Å²) in [6.45, 7) is 0. The van der Waals surface area contributed by atoms with E-state index >= 15 is 0 Å². The third-order valence-electron chi connectivity index (χ3n) is 17.2. The second-order valence-corrected chi connectivity index (χ2v) is 29.1. The van der Waals surface area contributed by atoms with Gasteiger partial charge in [-0.1, -0.05) is 0 Å². The maximum Gasteiger partial charge on any atom is 0.0700 e. The minimum absolute atomic E-state index is 0.457. The average molecular weight is 984 g/mol. The number of hydrogen-bond acceptors (Lipinski definition) is 10. The normalized spacial score (nSPS) is 33.6. The van der Waals surface area contributed by atoms with Crippen molar-refractivity contribution < 1.29 is 0 Å². The molecule has 322 valence electrons. The summed E-state index contributed by atoms with van der Waals surface area (Å²) in [6.07, 6.45) is 10.1. The lowest BCUT2D eigenvalue weighted by molar-refractivity contribution is 0.543. The average Bonchev–Trinajstić information content (AvgIpc) is 4.13. The summed E-state index contributed by atoms with van der Waals surface area (Å²) >= 11 is 17.4. The molecule has 3 aromatic heterocycles. The lowest BCUT2D eigenvalue weighted by Gasteiger charge is -2.43. The van der Waals surface area contributed by atoms with Crippen molar-refractivity contribution in [2.45, 2.75) is 75.0 Å². The number of H-pyrrole nitrogens is 2. The predicted octanol–water partition coefficient (Wildman–Crippen LogP) is 14.9. The summed E-state index contributed by atoms with van der Waals surface area (Å²) < 4.78 is 0. The van der Waals surface area contributed by atoms with Crippen molar-refractivity contribution in [2.24, 2.45) is 23.7 Å². The molecule has 6 aliphatic heterocycles. The van der Waals surface area contributed by atoms with Crippen LogP contribution >= 0.6 is 94.1 Å². The Morgan fingerprint density at radius 1 is 0.297 bits per heavy atom. The molecule has 16 bridgehead atoms. The maximum atomic E-state index is 5.92. The van der Waals surface area contributed by atoms with Gasteiger partial charge in [-0.15, -0.1) is 94.1 Å². The summed E-state index contributed by atoms with van der Waals surface area (Å²) in [5.74, 6) is 13.6. The highest BCUT2D eigenvalue weighted by Gasteiger charge is 2.50. The fraction of sp³-hybridized carbons (Fsp3) is 0.462. The fourth-order valence-electron chi connectivity index (χ4n) is 15.1. The first-order valence-corrected chi connectivity index (χ1v) is 31.9. The third-order valence-corrected chi connectivity index (χ3v) is 28.6. The molecule has 9 heterocycles. The first-order chi connectivity index (χ1) is 31.7. The minimum atomic E-state index is 0.457. The Labute approximate surface area is 408 Å². The largest absolute Gasteiger partial charge is 0.355 e. The van der Waals surface area contributed by atoms with Gasteiger partial charge in [0.15, 0.2) is 0 Å². The molecule has 0 aromatic carbocycles. The van der Waals surface area contributed by atoms with Gasteiger partial charge in [0.25, 0.3) is 0 Å². The van der Waals surface area contributed by atoms with Crippen molar-refractivity contribution in [1.82, 2.24) is 19.9 Å². The minimum Gasteiger partial charge on any atom is -0.355 e. The van der Waals surface area contributed by atoms with Gasteiger partial charge in [-0.05, 0) is 120 Å². The molecule has 21 rings (SSSR count). The van der Waals surface area contributed by atoms with Crippen molar-refractivity contribution in [3.8, 4) is 0 Å². The molecular formula is C52H46N4S8. The molecule has 12 heteroatoms. The van der Waals surface area contributed by atoms with E-state index in [9.17, 15) is 0 Å². The van der Waals surface area contributed by atoms with Gasteiger partial charge >= 0.3 is 0 Å². The van der Waals surface area contributed by atoms with E-state index in [1.165, 1.54) is 142 Å². The van der Waals surface area contributed by atoms with Gasteiger partial charge in [0.05, 0.1) is 22.8 Å². The molecular weight excluding hydrogens is 937 g/mol. The molecule has 8 unspecified atom stereocenters. The van der Waals surface area contributed by atoms with Gasteiger partial charge < -0.3 is 9.97 Å². The number of nitrogens with one attached hydrogen (secondary N) is 2. The zero-order chi connectivity index (χ0) is 41.1. The molecule has 64 heavy (non-hydrogen) atoms. The number of aromatic amines is 2. The molecule has 2 N–H and O–H groups in total. The summed E-state index contributed by atoms with van der Waals surface area (Å²) in [5.41, 5.74) is 22.9. The standard InChI is InChI=1S/C52H46N4S8/c1-2-22-38-30-18-32-40-24-5-6-26(50-48(24)60-13-14-62-50)42(40)34(55-32)20-36-44-28-8-7-27(51-52(28)64-16-15-63-51)43(44)35(56-36)19-33-41-25-4-3-23(47-49(25)61-12-11-59-47)39(41)31(54-33)17-29(53-30)37(38)21(1)45-46(22)58-10-9-57-45/h17-28,53-54H,1-16H2. The molecule has 0 spiro atoms. The Balaban J connectivity index is 0.997. The smallest absolute Gasteiger partial charge is 0.0700 e. The van der Waals surface area contributed by atoms with E-state index in [0.29, 0.717) is 47.3 Å². The highest BCUT2D eigenvalue weighted by Crippen LogP contribution is 2.67. The quantitative estimate of drug-likeness (QED) is 0.228. The molecule has 0 fully saturated rings. The lowest BCUT2D eigenvalue weighted by atomic mass is 9.69. The molecule has 3 aromatic rings. The van der Waals surface area contributed by atoms with Crippen LogP contribution in [0.1, 0.15) is 120 Å². The van der Waals surface area contributed by atoms with E-state index in [2.05, 4.69) is 128 Å². The van der Waals surface area contributed by atoms with E-state index in [1.54, 1.807) is 83.8 Å². The molecule has 0 saturated carbocycles. The van der Waals surface area contributed by atoms with Crippen molar-refractivity contribution in [2.75, 3.05) is 46.0 Å². The summed E-state index contributed by atoms with van der Waals surface area (Å²) in [6, 6.07) is 10.3. The molecule has 12 aliphatic carbocycles. The molecule has 18 aliphatic rings. The Kier molecular flexibility index (Phi) is 8.37. The number of rotatable bonds is 0. The monoisotopic (exact) mass is 982 g/mol. The molecule has 0 radical (unpaired) electrons. The summed E-state index contributed by atoms with van der Waals surface area (Å²) in [7, 11) is 0. The van der Waals surface area contributed by atoms with E-state index in [4.69, 9.17) is 9.97 Å². The van der Waals surface area contributed by atoms with Crippen LogP contribution in [-0.4, -0.2) is 66.0 Å². The summed E-state index contributed by atoms with van der Waals surface area (Å²) in [5, 5.41) is 0. The van der Waals surface area contributed by atoms with Crippen LogP contribution in [-0.2, 0) is 0 Å². The first kappa shape index (κ1) is 38.2. The Morgan fingerprint density at radius 2 is 0.531 bits per heavy atom. The predicted molar refractivity (Wildman–Crippen MR) is 284 cm³/mol. The van der Waals surface area contributed by atoms with E-state index in [0.717, 1.165) is 0 Å². The zero-order valence-corrected chi connectivity index (χ0v) is 41.9. The van der Waals surface area contributed by atoms with E-state index < -0.39 is 0 Å². The number of aromatic nitrogens is 4. The van der Waals surface area contributed by atoms with Crippen LogP contribution in [0.5, 0.6) is 0 Å². The molecule has 0 amide bonds. The van der Waals surface area contributed by atoms with E-state index in [1.807, 2.05) is 0 Å². The van der Waals surface area contributed by atoms with Crippen LogP contribution in [0.2, 0.25) is 0 Å². The number of hydrogen-bond donors (Lipinski definition) is 2. The Hall–Kier alpha value is -1.64. The highest BCUT2D eigenvalue weighted by atomic mass is 32.2. The van der Waals surface area contributed by atoms with Crippen LogP contribution in [0.4, 0.5) is 0 Å². The van der Waals surface area contributed by atoms with Gasteiger partial charge in [0.2, 0.25) is 0 Å². The second-order valence-electron chi connectivity index (χ2n) is 20.0. The van der Waals surface area contributed by atoms with Crippen molar-refractivity contribution in [3.05, 3.63) is 109 Å². The number of fused-ring (bicyclic) bond motifs is 12. The highest BCUT2D eigenvalue weighted by molar-refractivity contribution is 8.11. The van der Waals surface area contributed by atoms with Crippen LogP contribution in [0.15, 0.2) is 63.5 Å². The molecule has 8 atom stereocenters. The number of thioether (sulfide) groups is 8. The third kappa shape index (κ3) is 4.99. The Bertz CT molecular complexity index is 2950. The van der Waals surface area contributed by atoms with Crippen molar-refractivity contribution in [3.63, 3.8) is 0 Å². The zero-order valence-electron chi connectivity index (χ0n) is 35.4. The van der Waals surface area contributed by atoms with Crippen LogP contribution in [0.3, 0.4) is 0 Å². The van der Waals surface area contributed by atoms with Crippen LogP contribution in [0, 0.1) is 23.7 Å². The number of nitrogens with zero attached hydrogens (tertiary/aromatic N) is 2.